The van der Waals surface area contributed by atoms with Crippen molar-refractivity contribution >= 4 is 23.7 Å². The highest BCUT2D eigenvalue weighted by molar-refractivity contribution is 6.28. The van der Waals surface area contributed by atoms with Gasteiger partial charge in [0.2, 0.25) is 11.1 Å². The number of amides is 1. The van der Waals surface area contributed by atoms with Gasteiger partial charge in [-0.3, -0.25) is 0 Å². The van der Waals surface area contributed by atoms with Gasteiger partial charge < -0.3 is 19.7 Å². The fourth-order valence-corrected chi connectivity index (χ4v) is 2.32. The van der Waals surface area contributed by atoms with Crippen molar-refractivity contribution in [1.82, 2.24) is 24.8 Å². The fraction of sp³-hybridized carbons (Fsp3) is 0.438. The van der Waals surface area contributed by atoms with E-state index in [1.165, 1.54) is 17.0 Å². The molecule has 1 atom stereocenters. The molecule has 9 nitrogen and oxygen atoms in total. The summed E-state index contributed by atoms with van der Waals surface area (Å²) in [6.07, 6.45) is 2.41. The number of nitrogens with zero attached hydrogens (tertiary/aromatic N) is 4. The van der Waals surface area contributed by atoms with Crippen LogP contribution in [0.1, 0.15) is 38.3 Å². The fourth-order valence-electron chi connectivity index (χ4n) is 2.18. The second kappa shape index (κ2) is 7.69. The first-order chi connectivity index (χ1) is 12.0. The Morgan fingerprint density at radius 2 is 2.04 bits per heavy atom. The van der Waals surface area contributed by atoms with E-state index in [0.717, 1.165) is 0 Å². The minimum absolute atomic E-state index is 0.0360. The molecule has 1 amide bonds. The van der Waals surface area contributed by atoms with Crippen molar-refractivity contribution in [2.45, 2.75) is 45.9 Å². The van der Waals surface area contributed by atoms with Crippen LogP contribution < -0.4 is 5.32 Å². The molecule has 2 rings (SSSR count). The Hall–Kier alpha value is -2.68. The molecule has 0 saturated carbocycles. The van der Waals surface area contributed by atoms with Crippen LogP contribution in [0.4, 0.5) is 4.79 Å². The number of imidazole rings is 1. The Balaban J connectivity index is 2.18. The van der Waals surface area contributed by atoms with Crippen LogP contribution in [0.15, 0.2) is 18.5 Å². The number of carboxylic acids is 1. The molecule has 2 heterocycles. The number of halogens is 1. The van der Waals surface area contributed by atoms with Gasteiger partial charge in [0.1, 0.15) is 11.3 Å². The number of rotatable bonds is 5. The molecule has 0 radical (unpaired) electrons. The summed E-state index contributed by atoms with van der Waals surface area (Å²) in [5, 5.41) is 12.1. The van der Waals surface area contributed by atoms with Crippen LogP contribution >= 0.6 is 11.6 Å². The Kier molecular flexibility index (Phi) is 5.81. The molecule has 0 aliphatic heterocycles. The largest absolute Gasteiger partial charge is 0.475 e. The number of hydrogen-bond donors (Lipinski definition) is 2. The van der Waals surface area contributed by atoms with E-state index in [2.05, 4.69) is 20.3 Å². The molecular formula is C16H20ClN5O4. The zero-order valence-electron chi connectivity index (χ0n) is 14.9. The lowest BCUT2D eigenvalue weighted by molar-refractivity contribution is 0.0504. The first-order valence-corrected chi connectivity index (χ1v) is 8.22. The van der Waals surface area contributed by atoms with Gasteiger partial charge in [0.25, 0.3) is 0 Å². The Morgan fingerprint density at radius 1 is 1.35 bits per heavy atom. The maximum atomic E-state index is 11.8. The molecule has 0 aliphatic rings. The second-order valence-electron chi connectivity index (χ2n) is 6.67. The third kappa shape index (κ3) is 5.41. The van der Waals surface area contributed by atoms with E-state index in [9.17, 15) is 14.7 Å². The average molecular weight is 382 g/mol. The third-order valence-electron chi connectivity index (χ3n) is 3.09. The number of hydrogen-bond acceptors (Lipinski definition) is 6. The molecule has 2 aromatic rings. The zero-order valence-corrected chi connectivity index (χ0v) is 15.6. The van der Waals surface area contributed by atoms with Crippen LogP contribution in [0.2, 0.25) is 5.28 Å². The third-order valence-corrected chi connectivity index (χ3v) is 3.27. The van der Waals surface area contributed by atoms with Gasteiger partial charge in [-0.25, -0.2) is 24.5 Å². The monoisotopic (exact) mass is 381 g/mol. The Morgan fingerprint density at radius 3 is 2.62 bits per heavy atom. The number of aromatic carboxylic acids is 1. The van der Waals surface area contributed by atoms with Crippen molar-refractivity contribution in [3.63, 3.8) is 0 Å². The average Bonchev–Trinajstić information content (AvgIpc) is 2.88. The van der Waals surface area contributed by atoms with E-state index >= 15 is 0 Å². The highest BCUT2D eigenvalue weighted by atomic mass is 35.5. The lowest BCUT2D eigenvalue weighted by Gasteiger charge is -2.22. The summed E-state index contributed by atoms with van der Waals surface area (Å²) < 4.78 is 6.61. The summed E-state index contributed by atoms with van der Waals surface area (Å²) >= 11 is 5.76. The van der Waals surface area contributed by atoms with Crippen LogP contribution in [-0.2, 0) is 11.3 Å². The maximum Gasteiger partial charge on any atom is 0.407 e. The van der Waals surface area contributed by atoms with Gasteiger partial charge in [-0.05, 0) is 45.4 Å². The smallest absolute Gasteiger partial charge is 0.407 e. The maximum absolute atomic E-state index is 11.8. The molecule has 2 N–H and O–H groups in total. The number of alkyl carbamates (subject to hydrolysis) is 1. The topological polar surface area (TPSA) is 119 Å². The molecule has 10 heteroatoms. The van der Waals surface area contributed by atoms with E-state index < -0.39 is 17.7 Å². The van der Waals surface area contributed by atoms with Crippen LogP contribution in [-0.4, -0.2) is 48.3 Å². The van der Waals surface area contributed by atoms with E-state index in [-0.39, 0.29) is 23.7 Å². The summed E-state index contributed by atoms with van der Waals surface area (Å²) in [5.41, 5.74) is 0.125. The predicted molar refractivity (Wildman–Crippen MR) is 94.1 cm³/mol. The molecule has 0 saturated heterocycles. The number of ether oxygens (including phenoxy) is 1. The number of carbonyl (C=O) groups is 2. The van der Waals surface area contributed by atoms with Crippen molar-refractivity contribution in [3.05, 3.63) is 29.6 Å². The summed E-state index contributed by atoms with van der Waals surface area (Å²) in [6.45, 7) is 7.20. The van der Waals surface area contributed by atoms with Gasteiger partial charge in [0.15, 0.2) is 0 Å². The summed E-state index contributed by atoms with van der Waals surface area (Å²) in [7, 11) is 0. The van der Waals surface area contributed by atoms with Crippen LogP contribution in [0.25, 0.3) is 11.4 Å². The van der Waals surface area contributed by atoms with Crippen LogP contribution in [0, 0.1) is 0 Å². The lowest BCUT2D eigenvalue weighted by atomic mass is 10.2. The summed E-state index contributed by atoms with van der Waals surface area (Å²) in [5.74, 6) is -1.37. The molecule has 0 bridgehead atoms. The van der Waals surface area contributed by atoms with Gasteiger partial charge >= 0.3 is 12.1 Å². The number of carbonyl (C=O) groups excluding carboxylic acids is 1. The molecule has 0 aromatic carbocycles. The molecule has 140 valence electrons. The molecule has 0 aliphatic carbocycles. The van der Waals surface area contributed by atoms with Gasteiger partial charge in [0, 0.05) is 25.0 Å². The normalized spacial score (nSPS) is 12.5. The molecule has 26 heavy (non-hydrogen) atoms. The van der Waals surface area contributed by atoms with E-state index in [0.29, 0.717) is 11.4 Å². The number of carboxylic acid groups (broad SMARTS) is 1. The van der Waals surface area contributed by atoms with E-state index in [1.807, 2.05) is 0 Å². The first-order valence-electron chi connectivity index (χ1n) is 7.84. The minimum Gasteiger partial charge on any atom is -0.475 e. The second-order valence-corrected chi connectivity index (χ2v) is 7.00. The summed E-state index contributed by atoms with van der Waals surface area (Å²) in [6, 6.07) is 1.19. The highest BCUT2D eigenvalue weighted by Crippen LogP contribution is 2.18. The quantitative estimate of drug-likeness (QED) is 0.764. The van der Waals surface area contributed by atoms with E-state index in [4.69, 9.17) is 16.3 Å². The molecular weight excluding hydrogens is 362 g/mol. The van der Waals surface area contributed by atoms with Gasteiger partial charge in [-0.15, -0.1) is 0 Å². The van der Waals surface area contributed by atoms with Gasteiger partial charge in [0.05, 0.1) is 5.69 Å². The summed E-state index contributed by atoms with van der Waals surface area (Å²) in [4.78, 5) is 35.2. The van der Waals surface area contributed by atoms with Gasteiger partial charge in [-0.1, -0.05) is 0 Å². The van der Waals surface area contributed by atoms with Gasteiger partial charge in [-0.2, -0.15) is 0 Å². The van der Waals surface area contributed by atoms with E-state index in [1.54, 1.807) is 33.8 Å². The standard InChI is InChI=1S/C16H20ClN5O4/c1-9(19-15(25)26-16(2,3)4)7-22-8-11(20-12(22)13(23)24)10-5-6-18-14(17)21-10/h5-6,8-9H,7H2,1-4H3,(H,19,25)(H,23,24). The lowest BCUT2D eigenvalue weighted by Crippen LogP contribution is -2.39. The van der Waals surface area contributed by atoms with Crippen molar-refractivity contribution < 1.29 is 19.4 Å². The van der Waals surface area contributed by atoms with Crippen LogP contribution in [0.3, 0.4) is 0 Å². The highest BCUT2D eigenvalue weighted by Gasteiger charge is 2.21. The molecule has 2 aromatic heterocycles. The Bertz CT molecular complexity index is 815. The van der Waals surface area contributed by atoms with Crippen molar-refractivity contribution in [1.29, 1.82) is 0 Å². The zero-order chi connectivity index (χ0) is 19.5. The Labute approximate surface area is 155 Å². The minimum atomic E-state index is -1.19. The van der Waals surface area contributed by atoms with Crippen molar-refractivity contribution in [3.8, 4) is 11.4 Å². The van der Waals surface area contributed by atoms with Crippen LogP contribution in [0.5, 0.6) is 0 Å². The number of aromatic nitrogens is 4. The van der Waals surface area contributed by atoms with Crippen molar-refractivity contribution in [2.24, 2.45) is 0 Å². The number of nitrogens with one attached hydrogen (secondary N) is 1. The SMILES string of the molecule is CC(Cn1cc(-c2ccnc(Cl)n2)nc1C(=O)O)NC(=O)OC(C)(C)C. The predicted octanol–water partition coefficient (Wildman–Crippen LogP) is 2.60. The molecule has 1 unspecified atom stereocenters. The van der Waals surface area contributed by atoms with Crippen molar-refractivity contribution in [2.75, 3.05) is 0 Å². The molecule has 0 spiro atoms. The molecule has 0 fully saturated rings. The first kappa shape index (κ1) is 19.6.